The van der Waals surface area contributed by atoms with Crippen LogP contribution in [0, 0.1) is 5.82 Å². The van der Waals surface area contributed by atoms with Gasteiger partial charge in [-0.2, -0.15) is 0 Å². The summed E-state index contributed by atoms with van der Waals surface area (Å²) < 4.78 is 13.9. The lowest BCUT2D eigenvalue weighted by atomic mass is 10.3. The third kappa shape index (κ3) is 2.96. The zero-order valence-electron chi connectivity index (χ0n) is 11.2. The standard InChI is InChI=1S/C13H16FN5/c1-4-10-12(14)13(17-8-16-10)18-9-5-6-11(15-7-9)19(2)3/h5-8H,4H2,1-3H3,(H,16,17,18). The maximum Gasteiger partial charge on any atom is 0.187 e. The van der Waals surface area contributed by atoms with Gasteiger partial charge in [-0.25, -0.2) is 19.3 Å². The molecule has 0 radical (unpaired) electrons. The minimum Gasteiger partial charge on any atom is -0.363 e. The molecule has 0 spiro atoms. The van der Waals surface area contributed by atoms with Crippen molar-refractivity contribution in [1.29, 1.82) is 0 Å². The summed E-state index contributed by atoms with van der Waals surface area (Å²) in [6, 6.07) is 3.68. The molecule has 2 heterocycles. The van der Waals surface area contributed by atoms with E-state index in [4.69, 9.17) is 0 Å². The summed E-state index contributed by atoms with van der Waals surface area (Å²) in [5, 5.41) is 2.91. The summed E-state index contributed by atoms with van der Waals surface area (Å²) in [5.74, 6) is 0.593. The predicted molar refractivity (Wildman–Crippen MR) is 73.2 cm³/mol. The quantitative estimate of drug-likeness (QED) is 0.915. The molecule has 5 nitrogen and oxygen atoms in total. The summed E-state index contributed by atoms with van der Waals surface area (Å²) in [5.41, 5.74) is 1.08. The molecule has 1 N–H and O–H groups in total. The van der Waals surface area contributed by atoms with Gasteiger partial charge in [0.25, 0.3) is 0 Å². The maximum atomic E-state index is 13.9. The van der Waals surface area contributed by atoms with Crippen LogP contribution in [0.1, 0.15) is 12.6 Å². The summed E-state index contributed by atoms with van der Waals surface area (Å²) in [4.78, 5) is 13.9. The van der Waals surface area contributed by atoms with E-state index in [1.165, 1.54) is 6.33 Å². The van der Waals surface area contributed by atoms with Crippen LogP contribution in [-0.4, -0.2) is 29.0 Å². The highest BCUT2D eigenvalue weighted by molar-refractivity contribution is 5.57. The van der Waals surface area contributed by atoms with Crippen molar-refractivity contribution in [3.05, 3.63) is 36.2 Å². The number of aryl methyl sites for hydroxylation is 1. The smallest absolute Gasteiger partial charge is 0.187 e. The third-order valence-corrected chi connectivity index (χ3v) is 2.67. The van der Waals surface area contributed by atoms with Gasteiger partial charge in [0.15, 0.2) is 11.6 Å². The van der Waals surface area contributed by atoms with Crippen molar-refractivity contribution in [3.63, 3.8) is 0 Å². The summed E-state index contributed by atoms with van der Waals surface area (Å²) in [6.07, 6.45) is 3.52. The lowest BCUT2D eigenvalue weighted by Gasteiger charge is -2.12. The number of halogens is 1. The Morgan fingerprint density at radius 1 is 1.21 bits per heavy atom. The van der Waals surface area contributed by atoms with Crippen molar-refractivity contribution < 1.29 is 4.39 Å². The topological polar surface area (TPSA) is 53.9 Å². The van der Waals surface area contributed by atoms with Gasteiger partial charge in [0.1, 0.15) is 12.1 Å². The van der Waals surface area contributed by atoms with Crippen molar-refractivity contribution in [2.75, 3.05) is 24.3 Å². The van der Waals surface area contributed by atoms with Gasteiger partial charge in [0.2, 0.25) is 0 Å². The predicted octanol–water partition coefficient (Wildman–Crippen LogP) is 2.38. The average molecular weight is 261 g/mol. The number of hydrogen-bond acceptors (Lipinski definition) is 5. The molecule has 0 amide bonds. The SMILES string of the molecule is CCc1ncnc(Nc2ccc(N(C)C)nc2)c1F. The summed E-state index contributed by atoms with van der Waals surface area (Å²) >= 11 is 0. The molecule has 2 aromatic heterocycles. The Bertz CT molecular complexity index is 553. The second-order valence-corrected chi connectivity index (χ2v) is 4.26. The highest BCUT2D eigenvalue weighted by Gasteiger charge is 2.09. The number of nitrogens with zero attached hydrogens (tertiary/aromatic N) is 4. The molecule has 2 rings (SSSR count). The Hall–Kier alpha value is -2.24. The molecule has 0 saturated heterocycles. The number of nitrogens with one attached hydrogen (secondary N) is 1. The minimum absolute atomic E-state index is 0.172. The first-order valence-electron chi connectivity index (χ1n) is 6.01. The molecule has 0 atom stereocenters. The van der Waals surface area contributed by atoms with Crippen LogP contribution in [0.15, 0.2) is 24.7 Å². The highest BCUT2D eigenvalue weighted by Crippen LogP contribution is 2.19. The Balaban J connectivity index is 2.21. The van der Waals surface area contributed by atoms with Gasteiger partial charge in [-0.15, -0.1) is 0 Å². The molecule has 6 heteroatoms. The van der Waals surface area contributed by atoms with Gasteiger partial charge in [0, 0.05) is 14.1 Å². The van der Waals surface area contributed by atoms with Crippen LogP contribution in [0.5, 0.6) is 0 Å². The summed E-state index contributed by atoms with van der Waals surface area (Å²) in [6.45, 7) is 1.85. The largest absolute Gasteiger partial charge is 0.363 e. The second-order valence-electron chi connectivity index (χ2n) is 4.26. The van der Waals surface area contributed by atoms with E-state index < -0.39 is 5.82 Å². The van der Waals surface area contributed by atoms with Crippen molar-refractivity contribution in [2.45, 2.75) is 13.3 Å². The van der Waals surface area contributed by atoms with Gasteiger partial charge in [-0.1, -0.05) is 6.92 Å². The minimum atomic E-state index is -0.415. The van der Waals surface area contributed by atoms with Crippen LogP contribution < -0.4 is 10.2 Å². The fraction of sp³-hybridized carbons (Fsp3) is 0.308. The van der Waals surface area contributed by atoms with Crippen LogP contribution in [0.3, 0.4) is 0 Å². The van der Waals surface area contributed by atoms with Crippen LogP contribution in [0.25, 0.3) is 0 Å². The molecule has 19 heavy (non-hydrogen) atoms. The summed E-state index contributed by atoms with van der Waals surface area (Å²) in [7, 11) is 3.82. The first kappa shape index (κ1) is 13.2. The van der Waals surface area contributed by atoms with E-state index in [9.17, 15) is 4.39 Å². The number of hydrogen-bond donors (Lipinski definition) is 1. The molecule has 2 aromatic rings. The Labute approximate surface area is 111 Å². The van der Waals surface area contributed by atoms with Gasteiger partial charge < -0.3 is 10.2 Å². The first-order valence-corrected chi connectivity index (χ1v) is 6.01. The van der Waals surface area contributed by atoms with E-state index in [0.29, 0.717) is 17.8 Å². The molecule has 0 fully saturated rings. The molecular weight excluding hydrogens is 245 g/mol. The first-order chi connectivity index (χ1) is 9.11. The van der Waals surface area contributed by atoms with Crippen molar-refractivity contribution in [1.82, 2.24) is 15.0 Å². The van der Waals surface area contributed by atoms with Crippen LogP contribution >= 0.6 is 0 Å². The van der Waals surface area contributed by atoms with Gasteiger partial charge in [-0.05, 0) is 18.6 Å². The van der Waals surface area contributed by atoms with E-state index in [-0.39, 0.29) is 5.82 Å². The zero-order valence-corrected chi connectivity index (χ0v) is 11.2. The molecule has 0 aliphatic rings. The highest BCUT2D eigenvalue weighted by atomic mass is 19.1. The monoisotopic (exact) mass is 261 g/mol. The van der Waals surface area contributed by atoms with E-state index in [1.807, 2.05) is 38.1 Å². The molecule has 0 aromatic carbocycles. The normalized spacial score (nSPS) is 10.3. The molecule has 0 bridgehead atoms. The zero-order chi connectivity index (χ0) is 13.8. The van der Waals surface area contributed by atoms with Crippen molar-refractivity contribution in [2.24, 2.45) is 0 Å². The molecule has 0 aliphatic heterocycles. The van der Waals surface area contributed by atoms with Gasteiger partial charge in [-0.3, -0.25) is 0 Å². The number of aromatic nitrogens is 3. The van der Waals surface area contributed by atoms with Crippen molar-refractivity contribution in [3.8, 4) is 0 Å². The van der Waals surface area contributed by atoms with Crippen molar-refractivity contribution >= 4 is 17.3 Å². The van der Waals surface area contributed by atoms with Crippen LogP contribution in [-0.2, 0) is 6.42 Å². The second kappa shape index (κ2) is 5.60. The number of rotatable bonds is 4. The number of pyridine rings is 1. The van der Waals surface area contributed by atoms with Crippen LogP contribution in [0.2, 0.25) is 0 Å². The van der Waals surface area contributed by atoms with Gasteiger partial charge in [0.05, 0.1) is 17.6 Å². The molecular formula is C13H16FN5. The molecule has 0 saturated carbocycles. The maximum absolute atomic E-state index is 13.9. The van der Waals surface area contributed by atoms with E-state index in [1.54, 1.807) is 6.20 Å². The van der Waals surface area contributed by atoms with Gasteiger partial charge >= 0.3 is 0 Å². The van der Waals surface area contributed by atoms with E-state index >= 15 is 0 Å². The lowest BCUT2D eigenvalue weighted by Crippen LogP contribution is -2.10. The molecule has 0 aliphatic carbocycles. The van der Waals surface area contributed by atoms with Crippen LogP contribution in [0.4, 0.5) is 21.7 Å². The molecule has 100 valence electrons. The fourth-order valence-electron chi connectivity index (χ4n) is 1.60. The average Bonchev–Trinajstić information content (AvgIpc) is 2.42. The number of anilines is 3. The molecule has 0 unspecified atom stereocenters. The Morgan fingerprint density at radius 2 is 2.00 bits per heavy atom. The van der Waals surface area contributed by atoms with E-state index in [0.717, 1.165) is 5.82 Å². The Kier molecular flexibility index (Phi) is 3.89. The fourth-order valence-corrected chi connectivity index (χ4v) is 1.60. The van der Waals surface area contributed by atoms with E-state index in [2.05, 4.69) is 20.3 Å². The Morgan fingerprint density at radius 3 is 2.58 bits per heavy atom. The third-order valence-electron chi connectivity index (χ3n) is 2.67. The lowest BCUT2D eigenvalue weighted by molar-refractivity contribution is 0.598.